The predicted molar refractivity (Wildman–Crippen MR) is 203 cm³/mol. The maximum absolute atomic E-state index is 5.01. The lowest BCUT2D eigenvalue weighted by Gasteiger charge is -2.10. The summed E-state index contributed by atoms with van der Waals surface area (Å²) in [5, 5.41) is 2.18. The van der Waals surface area contributed by atoms with E-state index >= 15 is 0 Å². The first-order chi connectivity index (χ1) is 24.7. The third-order valence-electron chi connectivity index (χ3n) is 9.01. The number of rotatable bonds is 6. The van der Waals surface area contributed by atoms with E-state index in [0.29, 0.717) is 17.5 Å². The van der Waals surface area contributed by atoms with Crippen molar-refractivity contribution in [2.24, 2.45) is 0 Å². The number of nitrogens with zero attached hydrogens (tertiary/aromatic N) is 5. The van der Waals surface area contributed by atoms with Gasteiger partial charge in [0.05, 0.1) is 16.7 Å². The van der Waals surface area contributed by atoms with Gasteiger partial charge >= 0.3 is 0 Å². The molecule has 0 amide bonds. The van der Waals surface area contributed by atoms with Crippen LogP contribution in [-0.4, -0.2) is 24.9 Å². The highest BCUT2D eigenvalue weighted by Gasteiger charge is 2.13. The van der Waals surface area contributed by atoms with Gasteiger partial charge in [-0.05, 0) is 34.4 Å². The van der Waals surface area contributed by atoms with Crippen molar-refractivity contribution >= 4 is 21.8 Å². The quantitative estimate of drug-likeness (QED) is 0.169. The first-order valence-electron chi connectivity index (χ1n) is 16.6. The van der Waals surface area contributed by atoms with E-state index < -0.39 is 0 Å². The van der Waals surface area contributed by atoms with Gasteiger partial charge in [-0.15, -0.1) is 0 Å². The van der Waals surface area contributed by atoms with Crippen LogP contribution in [0.3, 0.4) is 0 Å². The van der Waals surface area contributed by atoms with Crippen molar-refractivity contribution in [3.63, 3.8) is 0 Å². The minimum absolute atomic E-state index is 0.645. The summed E-state index contributed by atoms with van der Waals surface area (Å²) in [5.74, 6) is 1.95. The smallest absolute Gasteiger partial charge is 0.164 e. The Morgan fingerprint density at radius 1 is 0.260 bits per heavy atom. The summed E-state index contributed by atoms with van der Waals surface area (Å²) in [6.07, 6.45) is 1.83. The van der Waals surface area contributed by atoms with Crippen LogP contribution >= 0.6 is 0 Å². The van der Waals surface area contributed by atoms with Crippen molar-refractivity contribution in [2.75, 3.05) is 0 Å². The van der Waals surface area contributed by atoms with Crippen molar-refractivity contribution in [3.05, 3.63) is 176 Å². The molecule has 234 valence electrons. The normalized spacial score (nSPS) is 11.2. The lowest BCUT2D eigenvalue weighted by Crippen LogP contribution is -2.00. The second-order valence-corrected chi connectivity index (χ2v) is 12.2. The lowest BCUT2D eigenvalue weighted by molar-refractivity contribution is 1.07. The van der Waals surface area contributed by atoms with Crippen LogP contribution in [0.15, 0.2) is 176 Å². The molecular weight excluding hydrogens is 611 g/mol. The van der Waals surface area contributed by atoms with E-state index in [1.807, 2.05) is 72.9 Å². The highest BCUT2D eigenvalue weighted by molar-refractivity contribution is 6.03. The van der Waals surface area contributed by atoms with Gasteiger partial charge < -0.3 is 0 Å². The maximum Gasteiger partial charge on any atom is 0.164 e. The summed E-state index contributed by atoms with van der Waals surface area (Å²) in [6.45, 7) is 0. The fraction of sp³-hybridized carbons (Fsp3) is 0. The topological polar surface area (TPSA) is 64.5 Å². The molecule has 0 aliphatic heterocycles. The van der Waals surface area contributed by atoms with E-state index in [1.165, 1.54) is 0 Å². The van der Waals surface area contributed by atoms with Crippen LogP contribution < -0.4 is 0 Å². The molecule has 0 fully saturated rings. The zero-order valence-electron chi connectivity index (χ0n) is 27.0. The van der Waals surface area contributed by atoms with E-state index in [4.69, 9.17) is 19.9 Å². The van der Waals surface area contributed by atoms with Gasteiger partial charge in [0.2, 0.25) is 0 Å². The minimum Gasteiger partial charge on any atom is -0.254 e. The molecule has 50 heavy (non-hydrogen) atoms. The largest absolute Gasteiger partial charge is 0.254 e. The molecule has 0 unspecified atom stereocenters. The summed E-state index contributed by atoms with van der Waals surface area (Å²) in [5.41, 5.74) is 11.3. The fourth-order valence-corrected chi connectivity index (χ4v) is 6.32. The first kappa shape index (κ1) is 29.3. The first-order valence-corrected chi connectivity index (χ1v) is 16.6. The molecule has 9 rings (SSSR count). The van der Waals surface area contributed by atoms with Crippen molar-refractivity contribution in [2.45, 2.75) is 0 Å². The Morgan fingerprint density at radius 3 is 1.16 bits per heavy atom. The van der Waals surface area contributed by atoms with Gasteiger partial charge in [0.15, 0.2) is 17.5 Å². The summed E-state index contributed by atoms with van der Waals surface area (Å²) >= 11 is 0. The van der Waals surface area contributed by atoms with Gasteiger partial charge in [-0.1, -0.05) is 158 Å². The van der Waals surface area contributed by atoms with Crippen LogP contribution in [0.1, 0.15) is 0 Å². The van der Waals surface area contributed by atoms with Gasteiger partial charge in [0.1, 0.15) is 0 Å². The molecule has 5 heteroatoms. The molecule has 0 radical (unpaired) electrons. The SMILES string of the molecule is c1ccc(-c2nc(-c3ccccc3)nc(-c3ccc(-c4ccc(-c5ccc(-c6ccc7ccc8cccnc8c7n6)cc5)cc4)cc3)n2)cc1. The monoisotopic (exact) mass is 639 g/mol. The Kier molecular flexibility index (Phi) is 7.41. The Morgan fingerprint density at radius 2 is 0.660 bits per heavy atom. The summed E-state index contributed by atoms with van der Waals surface area (Å²) in [7, 11) is 0. The number of aromatic nitrogens is 5. The highest BCUT2D eigenvalue weighted by atomic mass is 15.0. The predicted octanol–water partition coefficient (Wildman–Crippen LogP) is 11.0. The molecule has 0 N–H and O–H groups in total. The van der Waals surface area contributed by atoms with Crippen molar-refractivity contribution in [1.82, 2.24) is 24.9 Å². The molecule has 0 bridgehead atoms. The van der Waals surface area contributed by atoms with Gasteiger partial charge in [-0.2, -0.15) is 0 Å². The summed E-state index contributed by atoms with van der Waals surface area (Å²) < 4.78 is 0. The van der Waals surface area contributed by atoms with Crippen LogP contribution in [0, 0.1) is 0 Å². The Labute approximate surface area is 289 Å². The van der Waals surface area contributed by atoms with Crippen LogP contribution in [0.2, 0.25) is 0 Å². The third-order valence-corrected chi connectivity index (χ3v) is 9.01. The average Bonchev–Trinajstić information content (AvgIpc) is 3.21. The molecule has 9 aromatic rings. The number of hydrogen-bond acceptors (Lipinski definition) is 5. The fourth-order valence-electron chi connectivity index (χ4n) is 6.32. The van der Waals surface area contributed by atoms with Crippen molar-refractivity contribution in [1.29, 1.82) is 0 Å². The van der Waals surface area contributed by atoms with Gasteiger partial charge in [0.25, 0.3) is 0 Å². The van der Waals surface area contributed by atoms with Gasteiger partial charge in [-0.25, -0.2) is 19.9 Å². The van der Waals surface area contributed by atoms with Crippen LogP contribution in [0.4, 0.5) is 0 Å². The molecule has 6 aromatic carbocycles. The zero-order chi connectivity index (χ0) is 33.3. The minimum atomic E-state index is 0.645. The van der Waals surface area contributed by atoms with E-state index in [0.717, 1.165) is 72.0 Å². The number of hydrogen-bond donors (Lipinski definition) is 0. The molecule has 0 saturated carbocycles. The number of pyridine rings is 2. The van der Waals surface area contributed by atoms with Gasteiger partial charge in [-0.3, -0.25) is 4.98 Å². The van der Waals surface area contributed by atoms with E-state index in [2.05, 4.69) is 108 Å². The van der Waals surface area contributed by atoms with E-state index in [1.54, 1.807) is 0 Å². The van der Waals surface area contributed by atoms with Crippen LogP contribution in [0.25, 0.3) is 89.5 Å². The molecule has 0 atom stereocenters. The zero-order valence-corrected chi connectivity index (χ0v) is 27.0. The summed E-state index contributed by atoms with van der Waals surface area (Å²) in [4.78, 5) is 24.2. The summed E-state index contributed by atoms with van der Waals surface area (Å²) in [6, 6.07) is 58.3. The molecule has 3 heterocycles. The molecule has 5 nitrogen and oxygen atoms in total. The van der Waals surface area contributed by atoms with Crippen LogP contribution in [0.5, 0.6) is 0 Å². The molecule has 0 aliphatic carbocycles. The standard InChI is InChI=1S/C45H29N5/c1-3-8-37(9-4-1)43-48-44(38-10-5-2-6-11-38)50-45(49-43)39-25-19-33(20-26-39)31-15-13-30(14-16-31)32-17-21-34(22-18-32)40-28-27-36-24-23-35-12-7-29-46-41(35)42(36)47-40/h1-29H. The molecule has 0 saturated heterocycles. The highest BCUT2D eigenvalue weighted by Crippen LogP contribution is 2.31. The number of benzene rings is 6. The van der Waals surface area contributed by atoms with Crippen molar-refractivity contribution < 1.29 is 0 Å². The molecule has 0 aliphatic rings. The lowest BCUT2D eigenvalue weighted by atomic mass is 9.98. The van der Waals surface area contributed by atoms with Crippen molar-refractivity contribution in [3.8, 4) is 67.7 Å². The van der Waals surface area contributed by atoms with E-state index in [9.17, 15) is 0 Å². The third kappa shape index (κ3) is 5.67. The average molecular weight is 640 g/mol. The molecule has 3 aromatic heterocycles. The van der Waals surface area contributed by atoms with E-state index in [-0.39, 0.29) is 0 Å². The second kappa shape index (κ2) is 12.6. The second-order valence-electron chi connectivity index (χ2n) is 12.2. The van der Waals surface area contributed by atoms with Gasteiger partial charge in [0, 0.05) is 39.2 Å². The maximum atomic E-state index is 5.01. The Balaban J connectivity index is 0.965. The Hall–Kier alpha value is -6.85. The molecule has 0 spiro atoms. The Bertz CT molecular complexity index is 2540. The van der Waals surface area contributed by atoms with Crippen LogP contribution in [-0.2, 0) is 0 Å². The molecular formula is C45H29N5. The number of fused-ring (bicyclic) bond motifs is 3.